The minimum Gasteiger partial charge on any atom is -0.394 e. The van der Waals surface area contributed by atoms with Crippen LogP contribution >= 0.6 is 0 Å². The van der Waals surface area contributed by atoms with E-state index in [1.807, 2.05) is 99.7 Å². The van der Waals surface area contributed by atoms with E-state index in [-0.39, 0.29) is 30.2 Å². The first-order chi connectivity index (χ1) is 23.1. The highest BCUT2D eigenvalue weighted by molar-refractivity contribution is 6.06. The van der Waals surface area contributed by atoms with Gasteiger partial charge >= 0.3 is 0 Å². The number of carbonyl (C=O) groups excluding carboxylic acids is 3. The zero-order valence-corrected chi connectivity index (χ0v) is 28.9. The third-order valence-electron chi connectivity index (χ3n) is 10.8. The SMILES string of the molecule is CCN(CC)c1ccc(N2CC=C[C@]34O[C@]5(CC)C=CCN(Cc6ccccc6)C(=O)[C@@H]5[C@H]3C(=O)N([C@@H](CO)CC(C)C)C4C2=O)cc1. The molecule has 4 aliphatic rings. The van der Waals surface area contributed by atoms with Gasteiger partial charge in [0, 0.05) is 44.1 Å². The number of carbonyl (C=O) groups is 3. The van der Waals surface area contributed by atoms with E-state index in [0.29, 0.717) is 32.5 Å². The Bertz CT molecular complexity index is 1550. The zero-order chi connectivity index (χ0) is 34.2. The standard InChI is InChI=1S/C39H50N4O5/c1-6-38-20-12-22-41(25-28-14-10-9-11-15-28)35(45)32(38)33-36(46)43(31(26-44)24-27(4)5)34-37(47)42(23-13-21-39(33,34)48-38)30-18-16-29(17-19-30)40(7-2)8-3/h9-21,27,31-34,44H,6-8,22-26H2,1-5H3/t31-,32+,33+,34?,38-,39+/m1/s1. The quantitative estimate of drug-likeness (QED) is 0.350. The third-order valence-corrected chi connectivity index (χ3v) is 10.8. The summed E-state index contributed by atoms with van der Waals surface area (Å²) in [5.74, 6) is -2.33. The summed E-state index contributed by atoms with van der Waals surface area (Å²) >= 11 is 0. The number of nitrogens with zero attached hydrogens (tertiary/aromatic N) is 4. The molecule has 3 amide bonds. The average Bonchev–Trinajstić information content (AvgIpc) is 3.39. The van der Waals surface area contributed by atoms with Crippen molar-refractivity contribution in [2.45, 2.75) is 77.3 Å². The van der Waals surface area contributed by atoms with Crippen LogP contribution in [-0.4, -0.2) is 88.7 Å². The van der Waals surface area contributed by atoms with Gasteiger partial charge in [0.25, 0.3) is 5.91 Å². The second kappa shape index (κ2) is 13.5. The number of aliphatic hydroxyl groups is 1. The zero-order valence-electron chi connectivity index (χ0n) is 28.9. The molecule has 6 rings (SSSR count). The van der Waals surface area contributed by atoms with E-state index in [9.17, 15) is 14.7 Å². The minimum absolute atomic E-state index is 0.153. The van der Waals surface area contributed by atoms with Gasteiger partial charge in [-0.25, -0.2) is 0 Å². The monoisotopic (exact) mass is 654 g/mol. The normalized spacial score (nSPS) is 28.8. The molecule has 0 bridgehead atoms. The first-order valence-electron chi connectivity index (χ1n) is 17.6. The number of aliphatic hydroxyl groups excluding tert-OH is 1. The Hall–Kier alpha value is -3.95. The van der Waals surface area contributed by atoms with Gasteiger partial charge in [0.15, 0.2) is 0 Å². The van der Waals surface area contributed by atoms with Gasteiger partial charge in [-0.1, -0.05) is 75.4 Å². The lowest BCUT2D eigenvalue weighted by atomic mass is 9.73. The molecular weight excluding hydrogens is 604 g/mol. The molecule has 2 aromatic rings. The predicted octanol–water partition coefficient (Wildman–Crippen LogP) is 4.80. The van der Waals surface area contributed by atoms with Crippen molar-refractivity contribution in [3.8, 4) is 0 Å². The van der Waals surface area contributed by atoms with Gasteiger partial charge in [-0.2, -0.15) is 0 Å². The summed E-state index contributed by atoms with van der Waals surface area (Å²) in [7, 11) is 0. The molecule has 4 aliphatic heterocycles. The summed E-state index contributed by atoms with van der Waals surface area (Å²) in [6.45, 7) is 12.8. The summed E-state index contributed by atoms with van der Waals surface area (Å²) < 4.78 is 7.16. The number of rotatable bonds is 11. The van der Waals surface area contributed by atoms with Crippen LogP contribution in [0.3, 0.4) is 0 Å². The molecule has 2 saturated heterocycles. The van der Waals surface area contributed by atoms with Crippen LogP contribution in [0.2, 0.25) is 0 Å². The maximum atomic E-state index is 15.0. The Morgan fingerprint density at radius 3 is 2.19 bits per heavy atom. The summed E-state index contributed by atoms with van der Waals surface area (Å²) in [6, 6.07) is 16.1. The molecule has 0 saturated carbocycles. The van der Waals surface area contributed by atoms with E-state index in [1.54, 1.807) is 14.7 Å². The Morgan fingerprint density at radius 1 is 0.875 bits per heavy atom. The van der Waals surface area contributed by atoms with Crippen LogP contribution < -0.4 is 9.80 Å². The Labute approximate surface area is 284 Å². The Morgan fingerprint density at radius 2 is 1.56 bits per heavy atom. The van der Waals surface area contributed by atoms with E-state index < -0.39 is 35.1 Å². The minimum atomic E-state index is -1.38. The van der Waals surface area contributed by atoms with Crippen LogP contribution in [0.15, 0.2) is 78.9 Å². The van der Waals surface area contributed by atoms with Gasteiger partial charge < -0.3 is 29.4 Å². The van der Waals surface area contributed by atoms with Gasteiger partial charge in [-0.3, -0.25) is 14.4 Å². The molecular formula is C39H50N4O5. The fourth-order valence-electron chi connectivity index (χ4n) is 8.57. The molecule has 1 unspecified atom stereocenters. The fourth-order valence-corrected chi connectivity index (χ4v) is 8.57. The van der Waals surface area contributed by atoms with Gasteiger partial charge in [0.1, 0.15) is 11.6 Å². The van der Waals surface area contributed by atoms with E-state index >= 15 is 4.79 Å². The highest BCUT2D eigenvalue weighted by atomic mass is 16.5. The van der Waals surface area contributed by atoms with Crippen LogP contribution in [0, 0.1) is 17.8 Å². The molecule has 6 atom stereocenters. The van der Waals surface area contributed by atoms with E-state index in [2.05, 4.69) is 18.7 Å². The van der Waals surface area contributed by atoms with Crippen LogP contribution in [0.25, 0.3) is 0 Å². The third kappa shape index (κ3) is 5.54. The van der Waals surface area contributed by atoms with Crippen molar-refractivity contribution >= 4 is 29.1 Å². The van der Waals surface area contributed by atoms with Gasteiger partial charge in [-0.05, 0) is 62.4 Å². The summed E-state index contributed by atoms with van der Waals surface area (Å²) in [4.78, 5) is 52.1. The van der Waals surface area contributed by atoms with Crippen LogP contribution in [0.5, 0.6) is 0 Å². The van der Waals surface area contributed by atoms with Gasteiger partial charge in [0.2, 0.25) is 11.8 Å². The second-order valence-electron chi connectivity index (χ2n) is 14.0. The van der Waals surface area contributed by atoms with E-state index in [4.69, 9.17) is 4.74 Å². The number of amides is 3. The van der Waals surface area contributed by atoms with Crippen molar-refractivity contribution in [2.75, 3.05) is 42.6 Å². The summed E-state index contributed by atoms with van der Waals surface area (Å²) in [5.41, 5.74) is 0.345. The van der Waals surface area contributed by atoms with Crippen LogP contribution in [-0.2, 0) is 25.7 Å². The molecule has 9 nitrogen and oxygen atoms in total. The van der Waals surface area contributed by atoms with Crippen LogP contribution in [0.4, 0.5) is 11.4 Å². The number of hydrogen-bond donors (Lipinski definition) is 1. The molecule has 4 heterocycles. The maximum absolute atomic E-state index is 15.0. The van der Waals surface area contributed by atoms with E-state index in [1.165, 1.54) is 0 Å². The number of anilines is 2. The lowest BCUT2D eigenvalue weighted by Crippen LogP contribution is -2.59. The molecule has 9 heteroatoms. The number of hydrogen-bond acceptors (Lipinski definition) is 6. The van der Waals surface area contributed by atoms with Gasteiger partial charge in [-0.15, -0.1) is 0 Å². The Balaban J connectivity index is 1.45. The summed E-state index contributed by atoms with van der Waals surface area (Å²) in [5, 5.41) is 10.7. The maximum Gasteiger partial charge on any atom is 0.253 e. The molecule has 0 radical (unpaired) electrons. The number of fused-ring (bicyclic) bond motifs is 2. The number of benzene rings is 2. The lowest BCUT2D eigenvalue weighted by molar-refractivity contribution is -0.153. The largest absolute Gasteiger partial charge is 0.394 e. The number of likely N-dealkylation sites (tertiary alicyclic amines) is 1. The first-order valence-corrected chi connectivity index (χ1v) is 17.6. The Kier molecular flexibility index (Phi) is 9.55. The topological polar surface area (TPSA) is 93.6 Å². The summed E-state index contributed by atoms with van der Waals surface area (Å²) in [6.07, 6.45) is 8.72. The molecule has 2 aromatic carbocycles. The molecule has 1 spiro atoms. The number of ether oxygens (including phenoxy) is 1. The predicted molar refractivity (Wildman–Crippen MR) is 187 cm³/mol. The van der Waals surface area contributed by atoms with Crippen molar-refractivity contribution in [3.05, 3.63) is 84.5 Å². The smallest absolute Gasteiger partial charge is 0.253 e. The molecule has 2 fully saturated rings. The second-order valence-corrected chi connectivity index (χ2v) is 14.0. The van der Waals surface area contributed by atoms with Crippen molar-refractivity contribution in [1.29, 1.82) is 0 Å². The molecule has 1 N–H and O–H groups in total. The van der Waals surface area contributed by atoms with Gasteiger partial charge in [0.05, 0.1) is 30.1 Å². The van der Waals surface area contributed by atoms with Crippen molar-refractivity contribution in [2.24, 2.45) is 17.8 Å². The molecule has 256 valence electrons. The first kappa shape index (κ1) is 33.9. The fraction of sp³-hybridized carbons (Fsp3) is 0.513. The van der Waals surface area contributed by atoms with E-state index in [0.717, 1.165) is 30.0 Å². The van der Waals surface area contributed by atoms with Crippen molar-refractivity contribution in [3.63, 3.8) is 0 Å². The molecule has 0 aliphatic carbocycles. The molecule has 0 aromatic heterocycles. The lowest BCUT2D eigenvalue weighted by Gasteiger charge is -2.41. The van der Waals surface area contributed by atoms with Crippen molar-refractivity contribution in [1.82, 2.24) is 9.80 Å². The van der Waals surface area contributed by atoms with Crippen LogP contribution in [0.1, 0.15) is 53.0 Å². The van der Waals surface area contributed by atoms with Crippen molar-refractivity contribution < 1.29 is 24.2 Å². The highest BCUT2D eigenvalue weighted by Gasteiger charge is 2.76. The molecule has 48 heavy (non-hydrogen) atoms. The highest BCUT2D eigenvalue weighted by Crippen LogP contribution is 2.59. The average molecular weight is 655 g/mol.